The fourth-order valence-corrected chi connectivity index (χ4v) is 5.74. The van der Waals surface area contributed by atoms with Crippen LogP contribution in [0.4, 0.5) is 0 Å². The van der Waals surface area contributed by atoms with E-state index >= 15 is 0 Å². The molecular weight excluding hydrogens is 460 g/mol. The molecule has 4 aromatic rings. The molecule has 3 heterocycles. The summed E-state index contributed by atoms with van der Waals surface area (Å²) in [4.78, 5) is 36.3. The van der Waals surface area contributed by atoms with Gasteiger partial charge in [-0.15, -0.1) is 0 Å². The van der Waals surface area contributed by atoms with Crippen molar-refractivity contribution in [1.82, 2.24) is 19.4 Å². The maximum atomic E-state index is 13.5. The van der Waals surface area contributed by atoms with Crippen molar-refractivity contribution < 1.29 is 4.79 Å². The summed E-state index contributed by atoms with van der Waals surface area (Å²) in [6, 6.07) is 16.9. The SMILES string of the molecule is CCc1c(C)nc(-c2ccc(-c3ccc4cc[nH]c4c3)cc2)n(CC[C@@H]2CCN(C(=O)C3CC3)C2)c1=O. The largest absolute Gasteiger partial charge is 0.361 e. The monoisotopic (exact) mass is 494 g/mol. The number of aromatic nitrogens is 3. The van der Waals surface area contributed by atoms with Gasteiger partial charge >= 0.3 is 0 Å². The van der Waals surface area contributed by atoms with Crippen molar-refractivity contribution in [2.45, 2.75) is 52.5 Å². The number of carbonyl (C=O) groups is 1. The normalized spacial score (nSPS) is 17.6. The second-order valence-electron chi connectivity index (χ2n) is 10.7. The van der Waals surface area contributed by atoms with Crippen molar-refractivity contribution in [1.29, 1.82) is 0 Å². The summed E-state index contributed by atoms with van der Waals surface area (Å²) in [5, 5.41) is 1.20. The standard InChI is InChI=1S/C31H34N4O2/c1-3-27-20(2)33-29(24-7-4-22(5-8-24)26-11-6-23-12-15-32-28(23)18-26)35(31(27)37)17-14-21-13-16-34(19-21)30(36)25-9-10-25/h4-8,11-12,15,18,21,25,32H,3,9-10,13-14,16-17,19H2,1-2H3/t21-/m0/s1. The number of carbonyl (C=O) groups excluding carboxylic acids is 1. The molecule has 2 fully saturated rings. The molecule has 2 aromatic carbocycles. The second-order valence-corrected chi connectivity index (χ2v) is 10.7. The van der Waals surface area contributed by atoms with Crippen molar-refractivity contribution in [3.8, 4) is 22.5 Å². The first kappa shape index (κ1) is 23.7. The van der Waals surface area contributed by atoms with Crippen molar-refractivity contribution in [2.75, 3.05) is 13.1 Å². The Kier molecular flexibility index (Phi) is 6.19. The van der Waals surface area contributed by atoms with E-state index in [1.807, 2.05) is 29.5 Å². The number of rotatable bonds is 7. The average Bonchev–Trinajstić information content (AvgIpc) is 3.47. The molecule has 1 N–H and O–H groups in total. The molecule has 1 atom stereocenters. The molecule has 37 heavy (non-hydrogen) atoms. The highest BCUT2D eigenvalue weighted by Crippen LogP contribution is 2.33. The highest BCUT2D eigenvalue weighted by molar-refractivity contribution is 5.85. The van der Waals surface area contributed by atoms with Gasteiger partial charge in [0.1, 0.15) is 5.82 Å². The van der Waals surface area contributed by atoms with Gasteiger partial charge < -0.3 is 9.88 Å². The molecule has 0 radical (unpaired) electrons. The number of hydrogen-bond acceptors (Lipinski definition) is 3. The van der Waals surface area contributed by atoms with Crippen molar-refractivity contribution in [2.24, 2.45) is 11.8 Å². The Morgan fingerprint density at radius 1 is 1.03 bits per heavy atom. The molecule has 0 bridgehead atoms. The van der Waals surface area contributed by atoms with E-state index in [2.05, 4.69) is 53.5 Å². The third-order valence-corrected chi connectivity index (χ3v) is 8.14. The topological polar surface area (TPSA) is 71.0 Å². The van der Waals surface area contributed by atoms with Crippen LogP contribution in [0.25, 0.3) is 33.4 Å². The van der Waals surface area contributed by atoms with Gasteiger partial charge in [0.05, 0.1) is 0 Å². The first-order valence-electron chi connectivity index (χ1n) is 13.6. The maximum absolute atomic E-state index is 13.5. The quantitative estimate of drug-likeness (QED) is 0.365. The average molecular weight is 495 g/mol. The number of fused-ring (bicyclic) bond motifs is 1. The van der Waals surface area contributed by atoms with Crippen LogP contribution in [0.3, 0.4) is 0 Å². The van der Waals surface area contributed by atoms with Crippen LogP contribution in [-0.2, 0) is 17.8 Å². The lowest BCUT2D eigenvalue weighted by Crippen LogP contribution is -2.31. The fourth-order valence-electron chi connectivity index (χ4n) is 5.74. The summed E-state index contributed by atoms with van der Waals surface area (Å²) < 4.78 is 1.87. The zero-order valence-electron chi connectivity index (χ0n) is 21.7. The Morgan fingerprint density at radius 3 is 2.54 bits per heavy atom. The number of H-pyrrole nitrogens is 1. The predicted molar refractivity (Wildman–Crippen MR) is 147 cm³/mol. The van der Waals surface area contributed by atoms with Gasteiger partial charge in [-0.1, -0.05) is 43.3 Å². The second kappa shape index (κ2) is 9.66. The molecule has 0 spiro atoms. The molecule has 1 aliphatic heterocycles. The van der Waals surface area contributed by atoms with E-state index in [9.17, 15) is 9.59 Å². The Labute approximate surface area is 217 Å². The van der Waals surface area contributed by atoms with Gasteiger partial charge in [0.2, 0.25) is 5.91 Å². The first-order chi connectivity index (χ1) is 18.0. The lowest BCUT2D eigenvalue weighted by molar-refractivity contribution is -0.131. The van der Waals surface area contributed by atoms with E-state index in [0.717, 1.165) is 78.1 Å². The maximum Gasteiger partial charge on any atom is 0.257 e. The van der Waals surface area contributed by atoms with Gasteiger partial charge in [-0.2, -0.15) is 0 Å². The Hall–Kier alpha value is -3.67. The molecule has 1 saturated carbocycles. The molecule has 2 aromatic heterocycles. The summed E-state index contributed by atoms with van der Waals surface area (Å²) >= 11 is 0. The molecule has 1 amide bonds. The molecule has 2 aliphatic rings. The molecule has 190 valence electrons. The minimum atomic E-state index is 0.0650. The van der Waals surface area contributed by atoms with E-state index in [-0.39, 0.29) is 11.5 Å². The minimum Gasteiger partial charge on any atom is -0.361 e. The minimum absolute atomic E-state index is 0.0650. The zero-order valence-corrected chi connectivity index (χ0v) is 21.7. The Balaban J connectivity index is 1.26. The Bertz CT molecular complexity index is 1510. The molecule has 6 rings (SSSR count). The lowest BCUT2D eigenvalue weighted by atomic mass is 10.0. The van der Waals surface area contributed by atoms with Crippen LogP contribution < -0.4 is 5.56 Å². The molecule has 1 saturated heterocycles. The van der Waals surface area contributed by atoms with Crippen LogP contribution in [0.5, 0.6) is 0 Å². The van der Waals surface area contributed by atoms with Gasteiger partial charge in [-0.3, -0.25) is 14.2 Å². The van der Waals surface area contributed by atoms with Crippen LogP contribution >= 0.6 is 0 Å². The summed E-state index contributed by atoms with van der Waals surface area (Å²) in [6.45, 7) is 6.24. The van der Waals surface area contributed by atoms with E-state index in [1.54, 1.807) is 0 Å². The number of nitrogens with zero attached hydrogens (tertiary/aromatic N) is 3. The van der Waals surface area contributed by atoms with Crippen molar-refractivity contribution >= 4 is 16.8 Å². The van der Waals surface area contributed by atoms with Gasteiger partial charge in [0.15, 0.2) is 0 Å². The smallest absolute Gasteiger partial charge is 0.257 e. The first-order valence-corrected chi connectivity index (χ1v) is 13.6. The van der Waals surface area contributed by atoms with Gasteiger partial charge in [0, 0.05) is 54.1 Å². The van der Waals surface area contributed by atoms with Gasteiger partial charge in [-0.25, -0.2) is 4.98 Å². The number of benzene rings is 2. The van der Waals surface area contributed by atoms with Crippen molar-refractivity contribution in [3.05, 3.63) is 76.3 Å². The van der Waals surface area contributed by atoms with Crippen LogP contribution in [0.15, 0.2) is 59.5 Å². The van der Waals surface area contributed by atoms with Crippen LogP contribution in [0.1, 0.15) is 43.9 Å². The lowest BCUT2D eigenvalue weighted by Gasteiger charge is -2.19. The molecule has 1 aliphatic carbocycles. The number of hydrogen-bond donors (Lipinski definition) is 1. The third kappa shape index (κ3) is 4.61. The van der Waals surface area contributed by atoms with Crippen LogP contribution in [-0.4, -0.2) is 38.4 Å². The third-order valence-electron chi connectivity index (χ3n) is 8.14. The predicted octanol–water partition coefficient (Wildman–Crippen LogP) is 5.58. The number of aryl methyl sites for hydroxylation is 1. The van der Waals surface area contributed by atoms with Crippen LogP contribution in [0, 0.1) is 18.8 Å². The summed E-state index contributed by atoms with van der Waals surface area (Å²) in [5.74, 6) is 1.77. The van der Waals surface area contributed by atoms with Crippen LogP contribution in [0.2, 0.25) is 0 Å². The molecule has 6 nitrogen and oxygen atoms in total. The van der Waals surface area contributed by atoms with E-state index in [0.29, 0.717) is 24.8 Å². The fraction of sp³-hybridized carbons (Fsp3) is 0.387. The summed E-state index contributed by atoms with van der Waals surface area (Å²) in [7, 11) is 0. The van der Waals surface area contributed by atoms with Crippen molar-refractivity contribution in [3.63, 3.8) is 0 Å². The van der Waals surface area contributed by atoms with E-state index < -0.39 is 0 Å². The zero-order chi connectivity index (χ0) is 25.5. The number of nitrogens with one attached hydrogen (secondary N) is 1. The highest BCUT2D eigenvalue weighted by atomic mass is 16.2. The summed E-state index contributed by atoms with van der Waals surface area (Å²) in [5.41, 5.74) is 6.00. The van der Waals surface area contributed by atoms with Gasteiger partial charge in [-0.05, 0) is 73.6 Å². The van der Waals surface area contributed by atoms with Gasteiger partial charge in [0.25, 0.3) is 5.56 Å². The molecule has 0 unspecified atom stereocenters. The highest BCUT2D eigenvalue weighted by Gasteiger charge is 2.36. The van der Waals surface area contributed by atoms with E-state index in [1.165, 1.54) is 5.39 Å². The summed E-state index contributed by atoms with van der Waals surface area (Å²) in [6.07, 6.45) is 6.62. The van der Waals surface area contributed by atoms with E-state index in [4.69, 9.17) is 4.98 Å². The molecular formula is C31H34N4O2. The molecule has 6 heteroatoms. The Morgan fingerprint density at radius 2 is 1.78 bits per heavy atom. The number of likely N-dealkylation sites (tertiary alicyclic amines) is 1. The number of amides is 1. The number of aromatic amines is 1.